The molecule has 1 saturated heterocycles. The van der Waals surface area contributed by atoms with Crippen LogP contribution in [0.1, 0.15) is 11.1 Å². The number of hydrogen-bond acceptors (Lipinski definition) is 12. The predicted molar refractivity (Wildman–Crippen MR) is 123 cm³/mol. The zero-order valence-electron chi connectivity index (χ0n) is 19.1. The highest BCUT2D eigenvalue weighted by atomic mass is 16.7. The van der Waals surface area contributed by atoms with Crippen LogP contribution < -0.4 is 4.74 Å². The number of benzene rings is 2. The number of phenols is 3. The number of carboxylic acid groups (broad SMARTS) is 1. The van der Waals surface area contributed by atoms with E-state index in [1.807, 2.05) is 0 Å². The summed E-state index contributed by atoms with van der Waals surface area (Å²) >= 11 is 0. The number of rotatable bonds is 9. The Morgan fingerprint density at radius 2 is 1.68 bits per heavy atom. The molecule has 0 spiro atoms. The number of carboxylic acids is 1. The number of hydrogen-bond donors (Lipinski definition) is 8. The fourth-order valence-corrected chi connectivity index (χ4v) is 3.46. The molecule has 0 radical (unpaired) electrons. The minimum Gasteiger partial charge on any atom is -0.504 e. The van der Waals surface area contributed by atoms with Gasteiger partial charge in [-0.3, -0.25) is 0 Å². The van der Waals surface area contributed by atoms with E-state index in [0.717, 1.165) is 12.1 Å². The van der Waals surface area contributed by atoms with Crippen molar-refractivity contribution >= 4 is 18.0 Å². The Morgan fingerprint density at radius 1 is 0.946 bits per heavy atom. The van der Waals surface area contributed by atoms with Crippen molar-refractivity contribution in [3.63, 3.8) is 0 Å². The molecule has 6 atom stereocenters. The number of carbonyl (C=O) groups is 2. The minimum absolute atomic E-state index is 0.174. The van der Waals surface area contributed by atoms with E-state index in [-0.39, 0.29) is 23.5 Å². The van der Waals surface area contributed by atoms with E-state index < -0.39 is 66.9 Å². The SMILES string of the molecule is O=C(/C=C/c1ccc(OC2OC(CO)C(O)C(O)C2O)c(O)c1)O[C@H](Cc1ccc(O)c(O)c1)C(=O)O. The zero-order chi connectivity index (χ0) is 27.3. The number of ether oxygens (including phenoxy) is 3. The summed E-state index contributed by atoms with van der Waals surface area (Å²) in [5.74, 6) is -3.89. The number of aliphatic hydroxyl groups excluding tert-OH is 4. The third kappa shape index (κ3) is 6.87. The average Bonchev–Trinajstić information content (AvgIpc) is 2.86. The highest BCUT2D eigenvalue weighted by molar-refractivity contribution is 5.89. The van der Waals surface area contributed by atoms with E-state index in [9.17, 15) is 50.4 Å². The summed E-state index contributed by atoms with van der Waals surface area (Å²) in [6.07, 6.45) is -7.33. The second-order valence-electron chi connectivity index (χ2n) is 8.17. The number of esters is 1. The van der Waals surface area contributed by atoms with E-state index in [2.05, 4.69) is 0 Å². The first-order valence-corrected chi connectivity index (χ1v) is 10.9. The molecular weight excluding hydrogens is 496 g/mol. The van der Waals surface area contributed by atoms with Gasteiger partial charge in [0.15, 0.2) is 23.0 Å². The second-order valence-corrected chi connectivity index (χ2v) is 8.17. The Hall–Kier alpha value is -3.88. The molecule has 0 aromatic heterocycles. The van der Waals surface area contributed by atoms with E-state index in [0.29, 0.717) is 5.56 Å². The number of aliphatic hydroxyl groups is 4. The van der Waals surface area contributed by atoms with Crippen LogP contribution in [-0.2, 0) is 25.5 Å². The molecule has 37 heavy (non-hydrogen) atoms. The van der Waals surface area contributed by atoms with Crippen molar-refractivity contribution in [3.05, 3.63) is 53.6 Å². The monoisotopic (exact) mass is 522 g/mol. The fourth-order valence-electron chi connectivity index (χ4n) is 3.46. The van der Waals surface area contributed by atoms with Crippen molar-refractivity contribution in [2.75, 3.05) is 6.61 Å². The van der Waals surface area contributed by atoms with Gasteiger partial charge in [0.05, 0.1) is 6.61 Å². The molecule has 2 aromatic carbocycles. The normalized spacial score (nSPS) is 24.5. The van der Waals surface area contributed by atoms with Crippen LogP contribution in [0.25, 0.3) is 6.08 Å². The van der Waals surface area contributed by atoms with Crippen molar-refractivity contribution in [3.8, 4) is 23.0 Å². The quantitative estimate of drug-likeness (QED) is 0.115. The molecule has 0 aliphatic carbocycles. The largest absolute Gasteiger partial charge is 0.504 e. The van der Waals surface area contributed by atoms with Crippen molar-refractivity contribution < 1.29 is 64.7 Å². The Kier molecular flexibility index (Phi) is 8.91. The summed E-state index contributed by atoms with van der Waals surface area (Å²) in [5, 5.41) is 77.4. The molecule has 2 aromatic rings. The molecule has 1 aliphatic heterocycles. The molecule has 1 aliphatic rings. The van der Waals surface area contributed by atoms with Crippen LogP contribution in [0.15, 0.2) is 42.5 Å². The highest BCUT2D eigenvalue weighted by Crippen LogP contribution is 2.31. The lowest BCUT2D eigenvalue weighted by atomic mass is 9.99. The molecule has 3 rings (SSSR count). The van der Waals surface area contributed by atoms with Crippen LogP contribution in [0, 0.1) is 0 Å². The first-order chi connectivity index (χ1) is 17.5. The topological polar surface area (TPSA) is 224 Å². The smallest absolute Gasteiger partial charge is 0.345 e. The molecule has 13 nitrogen and oxygen atoms in total. The summed E-state index contributed by atoms with van der Waals surface area (Å²) < 4.78 is 15.5. The van der Waals surface area contributed by atoms with Crippen molar-refractivity contribution in [1.82, 2.24) is 0 Å². The van der Waals surface area contributed by atoms with Crippen molar-refractivity contribution in [2.24, 2.45) is 0 Å². The minimum atomic E-state index is -1.68. The van der Waals surface area contributed by atoms with Gasteiger partial charge in [-0.1, -0.05) is 12.1 Å². The Balaban J connectivity index is 1.63. The van der Waals surface area contributed by atoms with Gasteiger partial charge in [-0.05, 0) is 41.5 Å². The Labute approximate surface area is 209 Å². The van der Waals surface area contributed by atoms with E-state index >= 15 is 0 Å². The Morgan fingerprint density at radius 3 is 2.30 bits per heavy atom. The third-order valence-electron chi connectivity index (χ3n) is 5.48. The van der Waals surface area contributed by atoms with Gasteiger partial charge in [0, 0.05) is 12.5 Å². The first-order valence-electron chi connectivity index (χ1n) is 10.9. The lowest BCUT2D eigenvalue weighted by molar-refractivity contribution is -0.277. The summed E-state index contributed by atoms with van der Waals surface area (Å²) in [6, 6.07) is 7.52. The standard InChI is InChI=1S/C24H26O13/c25-10-18-20(30)21(31)22(32)24(37-18)36-16-5-2-11(7-15(16)28)3-6-19(29)35-17(23(33)34)9-12-1-4-13(26)14(27)8-12/h1-8,17-18,20-22,24-28,30-32H,9-10H2,(H,33,34)/b6-3+/t17-,18?,20?,21?,22?,24?/m1/s1. The van der Waals surface area contributed by atoms with Gasteiger partial charge in [-0.25, -0.2) is 9.59 Å². The van der Waals surface area contributed by atoms with Crippen LogP contribution in [0.5, 0.6) is 23.0 Å². The van der Waals surface area contributed by atoms with Gasteiger partial charge in [0.1, 0.15) is 24.4 Å². The van der Waals surface area contributed by atoms with Gasteiger partial charge in [0.2, 0.25) is 12.4 Å². The summed E-state index contributed by atoms with van der Waals surface area (Å²) in [4.78, 5) is 23.6. The maximum atomic E-state index is 12.2. The van der Waals surface area contributed by atoms with Crippen molar-refractivity contribution in [2.45, 2.75) is 43.2 Å². The number of aliphatic carboxylic acids is 1. The molecule has 5 unspecified atom stereocenters. The van der Waals surface area contributed by atoms with Gasteiger partial charge in [-0.15, -0.1) is 0 Å². The third-order valence-corrected chi connectivity index (χ3v) is 5.48. The number of carbonyl (C=O) groups excluding carboxylic acids is 1. The molecule has 1 fully saturated rings. The first kappa shape index (κ1) is 27.7. The summed E-state index contributed by atoms with van der Waals surface area (Å²) in [7, 11) is 0. The molecule has 8 N–H and O–H groups in total. The Bertz CT molecular complexity index is 1150. The van der Waals surface area contributed by atoms with Crippen LogP contribution in [0.4, 0.5) is 0 Å². The molecule has 1 heterocycles. The van der Waals surface area contributed by atoms with Gasteiger partial charge >= 0.3 is 11.9 Å². The summed E-state index contributed by atoms with van der Waals surface area (Å²) in [6.45, 7) is -0.656. The van der Waals surface area contributed by atoms with Gasteiger partial charge in [-0.2, -0.15) is 0 Å². The van der Waals surface area contributed by atoms with Gasteiger partial charge < -0.3 is 55.1 Å². The molecule has 0 amide bonds. The maximum Gasteiger partial charge on any atom is 0.345 e. The van der Waals surface area contributed by atoms with Crippen molar-refractivity contribution in [1.29, 1.82) is 0 Å². The lowest BCUT2D eigenvalue weighted by Crippen LogP contribution is -2.60. The van der Waals surface area contributed by atoms with Gasteiger partial charge in [0.25, 0.3) is 0 Å². The van der Waals surface area contributed by atoms with E-state index in [4.69, 9.17) is 14.2 Å². The predicted octanol–water partition coefficient (Wildman–Crippen LogP) is -0.766. The number of phenolic OH excluding ortho intramolecular Hbond substituents is 3. The van der Waals surface area contributed by atoms with Crippen LogP contribution >= 0.6 is 0 Å². The average molecular weight is 522 g/mol. The zero-order valence-corrected chi connectivity index (χ0v) is 19.1. The maximum absolute atomic E-state index is 12.2. The second kappa shape index (κ2) is 11.9. The molecule has 0 saturated carbocycles. The molecule has 200 valence electrons. The van der Waals surface area contributed by atoms with Crippen LogP contribution in [0.2, 0.25) is 0 Å². The summed E-state index contributed by atoms with van der Waals surface area (Å²) in [5.41, 5.74) is 0.588. The molecule has 0 bridgehead atoms. The highest BCUT2D eigenvalue weighted by Gasteiger charge is 2.44. The van der Waals surface area contributed by atoms with Crippen LogP contribution in [0.3, 0.4) is 0 Å². The van der Waals surface area contributed by atoms with Crippen LogP contribution in [-0.4, -0.2) is 96.2 Å². The van der Waals surface area contributed by atoms with E-state index in [1.165, 1.54) is 36.4 Å². The fraction of sp³-hybridized carbons (Fsp3) is 0.333. The lowest BCUT2D eigenvalue weighted by Gasteiger charge is -2.39. The molecule has 13 heteroatoms. The van der Waals surface area contributed by atoms with E-state index in [1.54, 1.807) is 0 Å². The molecular formula is C24H26O13. The number of aromatic hydroxyl groups is 3.